The predicted molar refractivity (Wildman–Crippen MR) is 84.2 cm³/mol. The molecule has 1 saturated heterocycles. The zero-order valence-corrected chi connectivity index (χ0v) is 13.1. The van der Waals surface area contributed by atoms with Crippen LogP contribution < -0.4 is 5.32 Å². The maximum Gasteiger partial charge on any atom is 0.225 e. The minimum Gasteiger partial charge on any atom is -0.326 e. The van der Waals surface area contributed by atoms with E-state index in [0.717, 1.165) is 19.5 Å². The van der Waals surface area contributed by atoms with Crippen LogP contribution in [-0.2, 0) is 4.79 Å². The summed E-state index contributed by atoms with van der Waals surface area (Å²) in [5, 5.41) is 2.79. The molecule has 1 heterocycles. The Morgan fingerprint density at radius 3 is 3.00 bits per heavy atom. The third-order valence-electron chi connectivity index (χ3n) is 4.05. The van der Waals surface area contributed by atoms with Gasteiger partial charge in [-0.1, -0.05) is 24.9 Å². The minimum atomic E-state index is -0.478. The Kier molecular flexibility index (Phi) is 6.00. The fourth-order valence-electron chi connectivity index (χ4n) is 2.86. The molecule has 0 radical (unpaired) electrons. The highest BCUT2D eigenvalue weighted by Gasteiger charge is 2.20. The highest BCUT2D eigenvalue weighted by atomic mass is 35.5. The summed E-state index contributed by atoms with van der Waals surface area (Å²) < 4.78 is 13.1. The molecular formula is C16H22ClFN2O. The summed E-state index contributed by atoms with van der Waals surface area (Å²) >= 11 is 5.70. The maximum atomic E-state index is 13.1. The van der Waals surface area contributed by atoms with Gasteiger partial charge in [-0.3, -0.25) is 9.69 Å². The topological polar surface area (TPSA) is 32.3 Å². The number of halogens is 2. The van der Waals surface area contributed by atoms with Crippen molar-refractivity contribution in [1.82, 2.24) is 4.90 Å². The van der Waals surface area contributed by atoms with Crippen LogP contribution in [0, 0.1) is 5.82 Å². The van der Waals surface area contributed by atoms with E-state index in [1.165, 1.54) is 37.5 Å². The largest absolute Gasteiger partial charge is 0.326 e. The molecule has 1 atom stereocenters. The van der Waals surface area contributed by atoms with Crippen LogP contribution in [-0.4, -0.2) is 29.9 Å². The number of hydrogen-bond donors (Lipinski definition) is 1. The van der Waals surface area contributed by atoms with Crippen molar-refractivity contribution in [3.8, 4) is 0 Å². The van der Waals surface area contributed by atoms with Crippen molar-refractivity contribution in [3.63, 3.8) is 0 Å². The van der Waals surface area contributed by atoms with Crippen LogP contribution in [0.15, 0.2) is 18.2 Å². The number of nitrogens with zero attached hydrogens (tertiary/aromatic N) is 1. The smallest absolute Gasteiger partial charge is 0.225 e. The normalized spacial score (nSPS) is 19.5. The van der Waals surface area contributed by atoms with E-state index < -0.39 is 5.82 Å². The lowest BCUT2D eigenvalue weighted by Crippen LogP contribution is -2.40. The Labute approximate surface area is 130 Å². The van der Waals surface area contributed by atoms with Crippen molar-refractivity contribution in [3.05, 3.63) is 29.0 Å². The monoisotopic (exact) mass is 312 g/mol. The van der Waals surface area contributed by atoms with E-state index in [-0.39, 0.29) is 10.9 Å². The molecule has 1 aromatic rings. The Morgan fingerprint density at radius 1 is 1.48 bits per heavy atom. The summed E-state index contributed by atoms with van der Waals surface area (Å²) in [6.45, 7) is 4.05. The van der Waals surface area contributed by atoms with Gasteiger partial charge in [0.2, 0.25) is 5.91 Å². The molecule has 3 nitrogen and oxygen atoms in total. The van der Waals surface area contributed by atoms with Gasteiger partial charge in [-0.05, 0) is 44.0 Å². The molecule has 1 fully saturated rings. The van der Waals surface area contributed by atoms with Crippen molar-refractivity contribution in [1.29, 1.82) is 0 Å². The van der Waals surface area contributed by atoms with E-state index in [0.29, 0.717) is 18.2 Å². The van der Waals surface area contributed by atoms with Crippen LogP contribution >= 0.6 is 11.6 Å². The van der Waals surface area contributed by atoms with E-state index in [1.54, 1.807) is 0 Å². The molecule has 2 rings (SSSR count). The van der Waals surface area contributed by atoms with Crippen LogP contribution in [0.1, 0.15) is 39.0 Å². The summed E-state index contributed by atoms with van der Waals surface area (Å²) in [6.07, 6.45) is 5.31. The lowest BCUT2D eigenvalue weighted by molar-refractivity contribution is -0.116. The number of anilines is 1. The molecule has 5 heteroatoms. The third kappa shape index (κ3) is 4.68. The van der Waals surface area contributed by atoms with Crippen LogP contribution in [0.2, 0.25) is 5.02 Å². The highest BCUT2D eigenvalue weighted by molar-refractivity contribution is 6.31. The number of amides is 1. The summed E-state index contributed by atoms with van der Waals surface area (Å²) in [5.74, 6) is -0.535. The molecule has 0 bridgehead atoms. The van der Waals surface area contributed by atoms with Gasteiger partial charge in [-0.2, -0.15) is 0 Å². The zero-order valence-electron chi connectivity index (χ0n) is 12.4. The highest BCUT2D eigenvalue weighted by Crippen LogP contribution is 2.21. The van der Waals surface area contributed by atoms with Gasteiger partial charge in [0.05, 0.1) is 5.02 Å². The molecule has 0 saturated carbocycles. The second-order valence-electron chi connectivity index (χ2n) is 5.52. The van der Waals surface area contributed by atoms with E-state index >= 15 is 0 Å². The number of rotatable bonds is 5. The van der Waals surface area contributed by atoms with Crippen LogP contribution in [0.5, 0.6) is 0 Å². The number of benzene rings is 1. The predicted octanol–water partition coefficient (Wildman–Crippen LogP) is 4.07. The number of likely N-dealkylation sites (tertiary alicyclic amines) is 1. The fraction of sp³-hybridized carbons (Fsp3) is 0.562. The van der Waals surface area contributed by atoms with Gasteiger partial charge in [-0.25, -0.2) is 4.39 Å². The Hall–Kier alpha value is -1.13. The molecule has 0 spiro atoms. The first-order valence-electron chi connectivity index (χ1n) is 7.59. The van der Waals surface area contributed by atoms with E-state index in [9.17, 15) is 9.18 Å². The number of carbonyl (C=O) groups is 1. The molecule has 116 valence electrons. The molecule has 0 aliphatic carbocycles. The molecule has 1 unspecified atom stereocenters. The zero-order chi connectivity index (χ0) is 15.2. The SMILES string of the molecule is CCC1CCCCN1CCC(=O)Nc1ccc(F)c(Cl)c1. The second kappa shape index (κ2) is 7.76. The summed E-state index contributed by atoms with van der Waals surface area (Å²) in [4.78, 5) is 14.4. The van der Waals surface area contributed by atoms with Gasteiger partial charge < -0.3 is 5.32 Å². The number of carbonyl (C=O) groups excluding carboxylic acids is 1. The minimum absolute atomic E-state index is 0.0230. The molecule has 1 aliphatic heterocycles. The van der Waals surface area contributed by atoms with Gasteiger partial charge in [0.25, 0.3) is 0 Å². The first-order valence-corrected chi connectivity index (χ1v) is 7.97. The quantitative estimate of drug-likeness (QED) is 0.888. The van der Waals surface area contributed by atoms with E-state index in [1.807, 2.05) is 0 Å². The van der Waals surface area contributed by atoms with Gasteiger partial charge >= 0.3 is 0 Å². The lowest BCUT2D eigenvalue weighted by atomic mass is 10.00. The van der Waals surface area contributed by atoms with Crippen LogP contribution in [0.3, 0.4) is 0 Å². The lowest BCUT2D eigenvalue weighted by Gasteiger charge is -2.35. The first kappa shape index (κ1) is 16.2. The summed E-state index contributed by atoms with van der Waals surface area (Å²) in [7, 11) is 0. The van der Waals surface area contributed by atoms with Gasteiger partial charge in [0.15, 0.2) is 0 Å². The molecular weight excluding hydrogens is 291 g/mol. The average molecular weight is 313 g/mol. The number of nitrogens with one attached hydrogen (secondary N) is 1. The van der Waals surface area contributed by atoms with Crippen molar-refractivity contribution < 1.29 is 9.18 Å². The molecule has 1 N–H and O–H groups in total. The standard InChI is InChI=1S/C16H22ClFN2O/c1-2-13-5-3-4-9-20(13)10-8-16(21)19-12-6-7-15(18)14(17)11-12/h6-7,11,13H,2-5,8-10H2,1H3,(H,19,21). The molecule has 1 aromatic carbocycles. The van der Waals surface area contributed by atoms with E-state index in [4.69, 9.17) is 11.6 Å². The van der Waals surface area contributed by atoms with Crippen LogP contribution in [0.4, 0.5) is 10.1 Å². The summed E-state index contributed by atoms with van der Waals surface area (Å²) in [6, 6.07) is 4.82. The Morgan fingerprint density at radius 2 is 2.29 bits per heavy atom. The van der Waals surface area contributed by atoms with E-state index in [2.05, 4.69) is 17.1 Å². The molecule has 21 heavy (non-hydrogen) atoms. The van der Waals surface area contributed by atoms with Crippen molar-refractivity contribution in [2.75, 3.05) is 18.4 Å². The Bertz CT molecular complexity index is 495. The molecule has 1 aliphatic rings. The average Bonchev–Trinajstić information content (AvgIpc) is 2.49. The fourth-order valence-corrected chi connectivity index (χ4v) is 3.04. The second-order valence-corrected chi connectivity index (χ2v) is 5.93. The number of hydrogen-bond acceptors (Lipinski definition) is 2. The van der Waals surface area contributed by atoms with Crippen molar-refractivity contribution >= 4 is 23.2 Å². The maximum absolute atomic E-state index is 13.1. The third-order valence-corrected chi connectivity index (χ3v) is 4.34. The van der Waals surface area contributed by atoms with Gasteiger partial charge in [0, 0.05) is 24.7 Å². The van der Waals surface area contributed by atoms with Crippen LogP contribution in [0.25, 0.3) is 0 Å². The Balaban J connectivity index is 1.82. The molecule has 0 aromatic heterocycles. The van der Waals surface area contributed by atoms with Gasteiger partial charge in [-0.15, -0.1) is 0 Å². The molecule has 1 amide bonds. The van der Waals surface area contributed by atoms with Crippen molar-refractivity contribution in [2.24, 2.45) is 0 Å². The van der Waals surface area contributed by atoms with Crippen molar-refractivity contribution in [2.45, 2.75) is 45.1 Å². The van der Waals surface area contributed by atoms with Gasteiger partial charge in [0.1, 0.15) is 5.82 Å². The number of piperidine rings is 1. The first-order chi connectivity index (χ1) is 10.1. The summed E-state index contributed by atoms with van der Waals surface area (Å²) in [5.41, 5.74) is 0.539.